The maximum Gasteiger partial charge on any atom is 0.124 e. The zero-order chi connectivity index (χ0) is 46.7. The molecule has 1 fully saturated rings. The summed E-state index contributed by atoms with van der Waals surface area (Å²) in [5.74, 6) is 0. The lowest BCUT2D eigenvalue weighted by molar-refractivity contribution is 0.193. The maximum atomic E-state index is 8.25. The van der Waals surface area contributed by atoms with Gasteiger partial charge in [0.2, 0.25) is 0 Å². The van der Waals surface area contributed by atoms with Crippen LogP contribution in [0.1, 0.15) is 177 Å². The third-order valence-corrected chi connectivity index (χ3v) is 16.3. The van der Waals surface area contributed by atoms with Gasteiger partial charge in [0.15, 0.2) is 0 Å². The van der Waals surface area contributed by atoms with E-state index in [0.29, 0.717) is 0 Å². The lowest BCUT2D eigenvalue weighted by Gasteiger charge is -2.51. The molecule has 2 atom stereocenters. The van der Waals surface area contributed by atoms with Crippen molar-refractivity contribution in [3.63, 3.8) is 0 Å². The Morgan fingerprint density at radius 1 is 0.578 bits per heavy atom. The molecule has 0 radical (unpaired) electrons. The van der Waals surface area contributed by atoms with Crippen LogP contribution in [0, 0.1) is 0 Å². The van der Waals surface area contributed by atoms with Gasteiger partial charge < -0.3 is 9.80 Å². The van der Waals surface area contributed by atoms with E-state index in [1.165, 1.54) is 56.6 Å². The summed E-state index contributed by atoms with van der Waals surface area (Å²) in [6.07, 6.45) is 4.68. The summed E-state index contributed by atoms with van der Waals surface area (Å²) in [4.78, 5) is 10.5. The van der Waals surface area contributed by atoms with Crippen LogP contribution in [-0.4, -0.2) is 10.5 Å². The number of benzene rings is 5. The molecular weight excluding hydrogens is 818 g/mol. The van der Waals surface area contributed by atoms with Gasteiger partial charge in [0.05, 0.1) is 32.2 Å². The first-order chi connectivity index (χ1) is 29.5. The predicted octanol–water partition coefficient (Wildman–Crippen LogP) is 18.3. The smallest absolute Gasteiger partial charge is 0.124 e. The van der Waals surface area contributed by atoms with E-state index in [0.717, 1.165) is 56.7 Å². The molecule has 2 unspecified atom stereocenters. The number of rotatable bonds is 5. The Bertz CT molecular complexity index is 2710. The van der Waals surface area contributed by atoms with Crippen LogP contribution in [-0.2, 0) is 32.5 Å². The summed E-state index contributed by atoms with van der Waals surface area (Å²) in [6, 6.07) is 34.9. The Morgan fingerprint density at radius 2 is 1.16 bits per heavy atom. The normalized spacial score (nSPS) is 19.6. The molecule has 6 aromatic rings. The van der Waals surface area contributed by atoms with Gasteiger partial charge in [0.1, 0.15) is 5.01 Å². The Kier molecular flexibility index (Phi) is 11.2. The average molecular weight is 893 g/mol. The van der Waals surface area contributed by atoms with Crippen LogP contribution in [0.2, 0.25) is 5.02 Å². The van der Waals surface area contributed by atoms with Crippen molar-refractivity contribution in [3.8, 4) is 10.6 Å². The zero-order valence-corrected chi connectivity index (χ0v) is 43.7. The predicted molar refractivity (Wildman–Crippen MR) is 281 cm³/mol. The van der Waals surface area contributed by atoms with E-state index in [2.05, 4.69) is 218 Å². The third-order valence-electron chi connectivity index (χ3n) is 14.8. The van der Waals surface area contributed by atoms with E-state index in [1.54, 1.807) is 11.3 Å². The third kappa shape index (κ3) is 8.01. The number of halogens is 1. The van der Waals surface area contributed by atoms with Crippen LogP contribution in [0.25, 0.3) is 20.8 Å². The van der Waals surface area contributed by atoms with E-state index in [9.17, 15) is 0 Å². The molecule has 64 heavy (non-hydrogen) atoms. The first kappa shape index (κ1) is 46.4. The van der Waals surface area contributed by atoms with E-state index in [4.69, 9.17) is 16.6 Å². The van der Waals surface area contributed by atoms with Gasteiger partial charge in [0.25, 0.3) is 0 Å². The summed E-state index contributed by atoms with van der Waals surface area (Å²) in [6.45, 7) is 40.0. The van der Waals surface area contributed by atoms with Crippen LogP contribution in [0.5, 0.6) is 0 Å². The minimum absolute atomic E-state index is 0.00531. The molecule has 0 N–H and O–H groups in total. The minimum Gasteiger partial charge on any atom is -0.333 e. The van der Waals surface area contributed by atoms with Gasteiger partial charge in [-0.25, -0.2) is 4.98 Å². The number of nitrogens with zero attached hydrogens (tertiary/aromatic N) is 3. The van der Waals surface area contributed by atoms with Crippen LogP contribution in [0.3, 0.4) is 0 Å². The molecule has 0 spiro atoms. The number of hydrogen-bond donors (Lipinski definition) is 0. The zero-order valence-electron chi connectivity index (χ0n) is 42.1. The van der Waals surface area contributed by atoms with Crippen LogP contribution >= 0.6 is 22.9 Å². The topological polar surface area (TPSA) is 19.4 Å². The highest BCUT2D eigenvalue weighted by molar-refractivity contribution is 7.21. The van der Waals surface area contributed by atoms with Crippen LogP contribution in [0.4, 0.5) is 28.4 Å². The molecule has 0 bridgehead atoms. The number of anilines is 5. The van der Waals surface area contributed by atoms with Crippen molar-refractivity contribution in [3.05, 3.63) is 129 Å². The SMILES string of the molecule is CC(C)(C)c1ccc(-c2nc3cc(N(c4cc(C(C)(C)C)cc(C(C)(C)C)c4)c4cc(C(C)(C)C)cc(N5c6cccc(C(C)(C)C)c6C6(C)CCCCC56C)c4Cl)ccc3s2)cc1. The summed E-state index contributed by atoms with van der Waals surface area (Å²) in [5, 5.41) is 1.80. The van der Waals surface area contributed by atoms with Gasteiger partial charge in [-0.15, -0.1) is 11.3 Å². The van der Waals surface area contributed by atoms with Crippen molar-refractivity contribution in [2.24, 2.45) is 0 Å². The summed E-state index contributed by atoms with van der Waals surface area (Å²) >= 11 is 10.0. The first-order valence-electron chi connectivity index (χ1n) is 23.8. The Balaban J connectivity index is 1.42. The highest BCUT2D eigenvalue weighted by atomic mass is 35.5. The molecule has 0 saturated heterocycles. The van der Waals surface area contributed by atoms with E-state index in [-0.39, 0.29) is 38.0 Å². The monoisotopic (exact) mass is 892 g/mol. The lowest BCUT2D eigenvalue weighted by atomic mass is 9.59. The van der Waals surface area contributed by atoms with Crippen LogP contribution in [0.15, 0.2) is 91.0 Å². The second kappa shape index (κ2) is 15.5. The highest BCUT2D eigenvalue weighted by Gasteiger charge is 2.59. The molecule has 8 rings (SSSR count). The number of thiazole rings is 1. The molecule has 2 heterocycles. The van der Waals surface area contributed by atoms with Crippen molar-refractivity contribution in [1.82, 2.24) is 4.98 Å². The molecule has 1 aromatic heterocycles. The van der Waals surface area contributed by atoms with Gasteiger partial charge in [0, 0.05) is 28.0 Å². The molecule has 2 aliphatic rings. The van der Waals surface area contributed by atoms with E-state index < -0.39 is 0 Å². The fourth-order valence-corrected chi connectivity index (χ4v) is 11.7. The first-order valence-corrected chi connectivity index (χ1v) is 25.0. The summed E-state index contributed by atoms with van der Waals surface area (Å²) in [5.41, 5.74) is 15.3. The van der Waals surface area contributed by atoms with Crippen molar-refractivity contribution in [2.45, 2.75) is 181 Å². The quantitative estimate of drug-likeness (QED) is 0.172. The summed E-state index contributed by atoms with van der Waals surface area (Å²) < 4.78 is 1.17. The molecule has 3 nitrogen and oxygen atoms in total. The van der Waals surface area contributed by atoms with Gasteiger partial charge in [-0.3, -0.25) is 0 Å². The Hall–Kier alpha value is -4.12. The van der Waals surface area contributed by atoms with Gasteiger partial charge in [-0.2, -0.15) is 0 Å². The van der Waals surface area contributed by atoms with Crippen molar-refractivity contribution < 1.29 is 0 Å². The fraction of sp³-hybridized carbons (Fsp3) is 0.475. The number of fused-ring (bicyclic) bond motifs is 4. The molecule has 5 aromatic carbocycles. The molecule has 1 saturated carbocycles. The largest absolute Gasteiger partial charge is 0.333 e. The van der Waals surface area contributed by atoms with Gasteiger partial charge in [-0.05, 0) is 129 Å². The number of aromatic nitrogens is 1. The molecule has 5 heteroatoms. The van der Waals surface area contributed by atoms with E-state index in [1.807, 2.05) is 0 Å². The standard InChI is InChI=1S/C59H74ClN3S/c1-53(2,3)38-25-23-37(24-26-38)52-61-45-36-42(27-28-49(45)64-52)62(43-32-39(54(4,5)6)31-40(33-43)55(7,8)9)47-34-41(56(10,11)12)35-48(51(47)60)63-46-22-20-21-44(57(13,14)15)50(46)58(16)29-18-19-30-59(58,63)17/h20-28,31-36H,18-19,29-30H2,1-17H3. The second-order valence-corrected chi connectivity index (χ2v) is 26.2. The second-order valence-electron chi connectivity index (χ2n) is 24.8. The van der Waals surface area contributed by atoms with Crippen molar-refractivity contribution in [2.75, 3.05) is 9.80 Å². The molecule has 338 valence electrons. The van der Waals surface area contributed by atoms with Gasteiger partial charge >= 0.3 is 0 Å². The summed E-state index contributed by atoms with van der Waals surface area (Å²) in [7, 11) is 0. The Labute approximate surface area is 395 Å². The van der Waals surface area contributed by atoms with E-state index >= 15 is 0 Å². The Morgan fingerprint density at radius 3 is 1.73 bits per heavy atom. The minimum atomic E-state index is -0.177. The molecule has 1 aliphatic heterocycles. The van der Waals surface area contributed by atoms with Crippen molar-refractivity contribution >= 4 is 61.6 Å². The van der Waals surface area contributed by atoms with Crippen LogP contribution < -0.4 is 9.80 Å². The molecule has 1 aliphatic carbocycles. The molecular formula is C59H74ClN3S. The number of hydrogen-bond acceptors (Lipinski definition) is 4. The highest BCUT2D eigenvalue weighted by Crippen LogP contribution is 2.64. The average Bonchev–Trinajstić information content (AvgIpc) is 3.71. The van der Waals surface area contributed by atoms with Crippen molar-refractivity contribution in [1.29, 1.82) is 0 Å². The fourth-order valence-electron chi connectivity index (χ4n) is 10.5. The molecule has 0 amide bonds. The maximum absolute atomic E-state index is 8.25. The van der Waals surface area contributed by atoms with Gasteiger partial charge in [-0.1, -0.05) is 178 Å². The lowest BCUT2D eigenvalue weighted by Crippen LogP contribution is -2.55.